The van der Waals surface area contributed by atoms with Crippen LogP contribution >= 0.6 is 0 Å². The molecule has 0 fully saturated rings. The third-order valence-corrected chi connectivity index (χ3v) is 1.68. The van der Waals surface area contributed by atoms with E-state index in [0.29, 0.717) is 11.3 Å². The van der Waals surface area contributed by atoms with Gasteiger partial charge in [-0.3, -0.25) is 19.5 Å². The van der Waals surface area contributed by atoms with Crippen LogP contribution < -0.4 is 0 Å². The van der Waals surface area contributed by atoms with E-state index in [4.69, 9.17) is 0 Å². The van der Waals surface area contributed by atoms with Gasteiger partial charge in [0.2, 0.25) is 6.54 Å². The first-order valence-electron chi connectivity index (χ1n) is 3.65. The van der Waals surface area contributed by atoms with Crippen LogP contribution in [0.2, 0.25) is 0 Å². The first-order chi connectivity index (χ1) is 6.27. The Morgan fingerprint density at radius 1 is 1.54 bits per heavy atom. The topological polar surface area (TPSA) is 73.3 Å². The minimum Gasteiger partial charge on any atom is -0.295 e. The Morgan fingerprint density at radius 3 is 3.15 bits per heavy atom. The quantitative estimate of drug-likeness (QED) is 0.496. The van der Waals surface area contributed by atoms with Crippen LogP contribution in [0.3, 0.4) is 0 Å². The summed E-state index contributed by atoms with van der Waals surface area (Å²) in [6, 6.07) is 0. The van der Waals surface area contributed by atoms with Crippen LogP contribution in [-0.4, -0.2) is 19.3 Å². The molecule has 2 aromatic rings. The van der Waals surface area contributed by atoms with Gasteiger partial charge in [0.05, 0.1) is 12.4 Å². The summed E-state index contributed by atoms with van der Waals surface area (Å²) in [6.45, 7) is -0.217. The third-order valence-electron chi connectivity index (χ3n) is 1.68. The molecule has 6 heteroatoms. The van der Waals surface area contributed by atoms with Crippen LogP contribution in [0.4, 0.5) is 0 Å². The van der Waals surface area contributed by atoms with Crippen molar-refractivity contribution < 1.29 is 4.92 Å². The molecule has 0 radical (unpaired) electrons. The lowest BCUT2D eigenvalue weighted by molar-refractivity contribution is -0.497. The fourth-order valence-electron chi connectivity index (χ4n) is 1.14. The molecule has 2 rings (SSSR count). The Bertz CT molecular complexity index is 450. The molecule has 0 spiro atoms. The van der Waals surface area contributed by atoms with Crippen LogP contribution in [-0.2, 0) is 6.54 Å². The van der Waals surface area contributed by atoms with Crippen LogP contribution in [0.25, 0.3) is 5.65 Å². The molecule has 0 aliphatic carbocycles. The molecule has 0 aliphatic heterocycles. The molecular formula is C7H6N4O2. The van der Waals surface area contributed by atoms with Gasteiger partial charge in [-0.1, -0.05) is 0 Å². The van der Waals surface area contributed by atoms with E-state index >= 15 is 0 Å². The second kappa shape index (κ2) is 2.81. The number of fused-ring (bicyclic) bond motifs is 1. The second-order valence-electron chi connectivity index (χ2n) is 2.54. The van der Waals surface area contributed by atoms with Crippen molar-refractivity contribution in [3.63, 3.8) is 0 Å². The Morgan fingerprint density at radius 2 is 2.38 bits per heavy atom. The highest BCUT2D eigenvalue weighted by atomic mass is 16.6. The number of nitro groups is 1. The summed E-state index contributed by atoms with van der Waals surface area (Å²) in [5, 5.41) is 10.3. The van der Waals surface area contributed by atoms with Crippen molar-refractivity contribution in [1.82, 2.24) is 14.4 Å². The Labute approximate surface area is 73.0 Å². The van der Waals surface area contributed by atoms with Gasteiger partial charge in [-0.05, 0) is 0 Å². The van der Waals surface area contributed by atoms with Crippen molar-refractivity contribution in [1.29, 1.82) is 0 Å². The number of rotatable bonds is 2. The molecule has 0 bridgehead atoms. The molecule has 0 atom stereocenters. The van der Waals surface area contributed by atoms with Gasteiger partial charge < -0.3 is 0 Å². The lowest BCUT2D eigenvalue weighted by atomic mass is 10.5. The second-order valence-corrected chi connectivity index (χ2v) is 2.54. The Kier molecular flexibility index (Phi) is 1.66. The zero-order valence-electron chi connectivity index (χ0n) is 6.62. The largest absolute Gasteiger partial charge is 0.295 e. The van der Waals surface area contributed by atoms with Crippen LogP contribution in [0, 0.1) is 10.1 Å². The lowest BCUT2D eigenvalue weighted by Crippen LogP contribution is -2.01. The summed E-state index contributed by atoms with van der Waals surface area (Å²) in [7, 11) is 0. The van der Waals surface area contributed by atoms with E-state index in [2.05, 4.69) is 9.97 Å². The molecule has 0 saturated heterocycles. The Balaban J connectivity index is 2.51. The van der Waals surface area contributed by atoms with Gasteiger partial charge in [-0.15, -0.1) is 0 Å². The van der Waals surface area contributed by atoms with Crippen molar-refractivity contribution in [3.8, 4) is 0 Å². The van der Waals surface area contributed by atoms with Crippen molar-refractivity contribution in [2.45, 2.75) is 6.54 Å². The van der Waals surface area contributed by atoms with Gasteiger partial charge in [-0.25, -0.2) is 4.98 Å². The molecule has 0 N–H and O–H groups in total. The van der Waals surface area contributed by atoms with Crippen LogP contribution in [0.5, 0.6) is 0 Å². The molecule has 13 heavy (non-hydrogen) atoms. The number of hydrogen-bond donors (Lipinski definition) is 0. The maximum atomic E-state index is 10.3. The van der Waals surface area contributed by atoms with Crippen molar-refractivity contribution >= 4 is 5.65 Å². The molecular weight excluding hydrogens is 172 g/mol. The molecule has 66 valence electrons. The highest BCUT2D eigenvalue weighted by Gasteiger charge is 2.07. The molecule has 0 aromatic carbocycles. The average Bonchev–Trinajstić information content (AvgIpc) is 2.48. The monoisotopic (exact) mass is 178 g/mol. The van der Waals surface area contributed by atoms with E-state index in [0.717, 1.165) is 0 Å². The normalized spacial score (nSPS) is 10.5. The van der Waals surface area contributed by atoms with Crippen molar-refractivity contribution in [2.24, 2.45) is 0 Å². The fraction of sp³-hybridized carbons (Fsp3) is 0.143. The van der Waals surface area contributed by atoms with Crippen LogP contribution in [0.1, 0.15) is 5.69 Å². The van der Waals surface area contributed by atoms with Gasteiger partial charge in [0.15, 0.2) is 5.65 Å². The zero-order chi connectivity index (χ0) is 9.26. The van der Waals surface area contributed by atoms with Gasteiger partial charge in [0, 0.05) is 17.3 Å². The molecule has 0 saturated carbocycles. The summed E-state index contributed by atoms with van der Waals surface area (Å²) in [6.07, 6.45) is 6.27. The molecule has 6 nitrogen and oxygen atoms in total. The summed E-state index contributed by atoms with van der Waals surface area (Å²) < 4.78 is 1.65. The number of aromatic nitrogens is 3. The first-order valence-corrected chi connectivity index (χ1v) is 3.65. The van der Waals surface area contributed by atoms with E-state index in [1.165, 1.54) is 6.20 Å². The standard InChI is InChI=1S/C7H6N4O2/c12-11(13)5-6-3-9-7-4-8-1-2-10(6)7/h1-4H,5H2. The van der Waals surface area contributed by atoms with E-state index in [1.807, 2.05) is 0 Å². The predicted octanol–water partition coefficient (Wildman–Crippen LogP) is 0.506. The maximum absolute atomic E-state index is 10.3. The van der Waals surface area contributed by atoms with Gasteiger partial charge >= 0.3 is 0 Å². The third kappa shape index (κ3) is 1.33. The number of imidazole rings is 1. The first kappa shape index (κ1) is 7.66. The number of hydrogen-bond acceptors (Lipinski definition) is 4. The SMILES string of the molecule is O=[N+]([O-])Cc1cnc2cnccn12. The highest BCUT2D eigenvalue weighted by molar-refractivity contribution is 5.36. The van der Waals surface area contributed by atoms with Crippen molar-refractivity contribution in [3.05, 3.63) is 40.6 Å². The van der Waals surface area contributed by atoms with Crippen LogP contribution in [0.15, 0.2) is 24.8 Å². The smallest absolute Gasteiger partial charge is 0.245 e. The molecule has 0 amide bonds. The van der Waals surface area contributed by atoms with E-state index in [-0.39, 0.29) is 11.5 Å². The van der Waals surface area contributed by atoms with Gasteiger partial charge in [0.1, 0.15) is 5.69 Å². The summed E-state index contributed by atoms with van der Waals surface area (Å²) >= 11 is 0. The van der Waals surface area contributed by atoms with Crippen molar-refractivity contribution in [2.75, 3.05) is 0 Å². The van der Waals surface area contributed by atoms with E-state index in [1.54, 1.807) is 23.0 Å². The number of nitrogens with zero attached hydrogens (tertiary/aromatic N) is 4. The summed E-state index contributed by atoms with van der Waals surface area (Å²) in [5.41, 5.74) is 1.18. The molecule has 0 unspecified atom stereocenters. The highest BCUT2D eigenvalue weighted by Crippen LogP contribution is 2.04. The minimum atomic E-state index is -0.385. The maximum Gasteiger partial charge on any atom is 0.245 e. The van der Waals surface area contributed by atoms with E-state index < -0.39 is 0 Å². The Hall–Kier alpha value is -1.98. The fourth-order valence-corrected chi connectivity index (χ4v) is 1.14. The van der Waals surface area contributed by atoms with E-state index in [9.17, 15) is 10.1 Å². The summed E-state index contributed by atoms with van der Waals surface area (Å²) in [4.78, 5) is 17.7. The molecule has 2 heterocycles. The molecule has 2 aromatic heterocycles. The van der Waals surface area contributed by atoms with Gasteiger partial charge in [-0.2, -0.15) is 0 Å². The zero-order valence-corrected chi connectivity index (χ0v) is 6.62. The van der Waals surface area contributed by atoms with Gasteiger partial charge in [0.25, 0.3) is 0 Å². The lowest BCUT2D eigenvalue weighted by Gasteiger charge is -1.94. The average molecular weight is 178 g/mol. The minimum absolute atomic E-state index is 0.217. The molecule has 0 aliphatic rings. The summed E-state index contributed by atoms with van der Waals surface area (Å²) in [5.74, 6) is 0. The predicted molar refractivity (Wildman–Crippen MR) is 43.7 cm³/mol.